The van der Waals surface area contributed by atoms with Crippen molar-refractivity contribution in [3.8, 4) is 0 Å². The molecule has 0 spiro atoms. The van der Waals surface area contributed by atoms with Crippen LogP contribution in [0.1, 0.15) is 31.2 Å². The van der Waals surface area contributed by atoms with E-state index in [9.17, 15) is 4.79 Å². The molecule has 1 saturated heterocycles. The summed E-state index contributed by atoms with van der Waals surface area (Å²) < 4.78 is 0. The summed E-state index contributed by atoms with van der Waals surface area (Å²) in [7, 11) is 0. The summed E-state index contributed by atoms with van der Waals surface area (Å²) in [5, 5.41) is 0. The molecule has 0 aromatic carbocycles. The first-order chi connectivity index (χ1) is 7.81. The number of hydrogen-bond acceptors (Lipinski definition) is 4. The molecular formula is C11H18N4O. The second-order valence-electron chi connectivity index (χ2n) is 4.17. The molecule has 0 bridgehead atoms. The van der Waals surface area contributed by atoms with Gasteiger partial charge in [-0.2, -0.15) is 0 Å². The summed E-state index contributed by atoms with van der Waals surface area (Å²) in [6.07, 6.45) is 6.45. The maximum Gasteiger partial charge on any atom is 0.256 e. The topological polar surface area (TPSA) is 75.0 Å². The van der Waals surface area contributed by atoms with E-state index < -0.39 is 0 Å². The molecule has 1 aromatic rings. The molecule has 0 saturated carbocycles. The predicted octanol–water partition coefficient (Wildman–Crippen LogP) is 0.609. The van der Waals surface area contributed by atoms with Gasteiger partial charge in [0.05, 0.1) is 0 Å². The van der Waals surface area contributed by atoms with E-state index in [1.807, 2.05) is 0 Å². The molecule has 0 radical (unpaired) electrons. The molecular weight excluding hydrogens is 204 g/mol. The number of aromatic nitrogens is 2. The largest absolute Gasteiger partial charge is 0.342 e. The maximum absolute atomic E-state index is 11.6. The van der Waals surface area contributed by atoms with Gasteiger partial charge >= 0.3 is 0 Å². The van der Waals surface area contributed by atoms with E-state index >= 15 is 0 Å². The van der Waals surface area contributed by atoms with Crippen LogP contribution in [-0.2, 0) is 6.54 Å². The highest BCUT2D eigenvalue weighted by molar-refractivity contribution is 5.29. The van der Waals surface area contributed by atoms with Crippen molar-refractivity contribution in [2.75, 3.05) is 18.0 Å². The van der Waals surface area contributed by atoms with Gasteiger partial charge in [-0.15, -0.1) is 0 Å². The minimum atomic E-state index is -0.114. The van der Waals surface area contributed by atoms with Crippen LogP contribution >= 0.6 is 0 Å². The maximum atomic E-state index is 11.6. The van der Waals surface area contributed by atoms with Gasteiger partial charge < -0.3 is 10.6 Å². The molecule has 0 atom stereocenters. The third-order valence-electron chi connectivity index (χ3n) is 2.99. The molecule has 1 aliphatic heterocycles. The minimum Gasteiger partial charge on any atom is -0.342 e. The van der Waals surface area contributed by atoms with E-state index in [4.69, 9.17) is 5.73 Å². The Bertz CT molecular complexity index is 393. The van der Waals surface area contributed by atoms with E-state index in [-0.39, 0.29) is 12.1 Å². The fourth-order valence-corrected chi connectivity index (χ4v) is 2.00. The van der Waals surface area contributed by atoms with Crippen LogP contribution in [0.4, 0.5) is 5.95 Å². The van der Waals surface area contributed by atoms with E-state index in [0.717, 1.165) is 13.1 Å². The average Bonchev–Trinajstić information content (AvgIpc) is 2.57. The number of rotatable bonds is 2. The van der Waals surface area contributed by atoms with Crippen LogP contribution in [0.2, 0.25) is 0 Å². The lowest BCUT2D eigenvalue weighted by Crippen LogP contribution is -2.29. The predicted molar refractivity (Wildman–Crippen MR) is 63.4 cm³/mol. The van der Waals surface area contributed by atoms with Gasteiger partial charge in [-0.05, 0) is 12.8 Å². The van der Waals surface area contributed by atoms with Crippen LogP contribution < -0.4 is 16.2 Å². The van der Waals surface area contributed by atoms with Gasteiger partial charge in [0.1, 0.15) is 0 Å². The van der Waals surface area contributed by atoms with Crippen molar-refractivity contribution < 1.29 is 0 Å². The highest BCUT2D eigenvalue weighted by Gasteiger charge is 2.12. The Kier molecular flexibility index (Phi) is 3.56. The second-order valence-corrected chi connectivity index (χ2v) is 4.17. The van der Waals surface area contributed by atoms with Gasteiger partial charge in [0.15, 0.2) is 0 Å². The summed E-state index contributed by atoms with van der Waals surface area (Å²) in [5.41, 5.74) is 5.86. The first-order valence-electron chi connectivity index (χ1n) is 5.84. The Labute approximate surface area is 94.7 Å². The first-order valence-corrected chi connectivity index (χ1v) is 5.84. The number of nitrogens with one attached hydrogen (secondary N) is 1. The Morgan fingerprint density at radius 2 is 2.00 bits per heavy atom. The van der Waals surface area contributed by atoms with E-state index in [1.54, 1.807) is 6.20 Å². The minimum absolute atomic E-state index is 0.114. The van der Waals surface area contributed by atoms with Crippen LogP contribution in [0.25, 0.3) is 0 Å². The van der Waals surface area contributed by atoms with Gasteiger partial charge in [0, 0.05) is 31.4 Å². The van der Waals surface area contributed by atoms with Crippen LogP contribution in [-0.4, -0.2) is 23.1 Å². The summed E-state index contributed by atoms with van der Waals surface area (Å²) >= 11 is 0. The van der Waals surface area contributed by atoms with Crippen molar-refractivity contribution in [3.63, 3.8) is 0 Å². The van der Waals surface area contributed by atoms with Crippen molar-refractivity contribution >= 4 is 5.95 Å². The lowest BCUT2D eigenvalue weighted by molar-refractivity contribution is 0.726. The highest BCUT2D eigenvalue weighted by Crippen LogP contribution is 2.13. The lowest BCUT2D eigenvalue weighted by atomic mass is 10.2. The molecule has 2 heterocycles. The molecule has 0 unspecified atom stereocenters. The summed E-state index contributed by atoms with van der Waals surface area (Å²) in [6.45, 7) is 2.19. The fraction of sp³-hybridized carbons (Fsp3) is 0.636. The number of nitrogens with zero attached hydrogens (tertiary/aromatic N) is 2. The molecule has 1 aliphatic rings. The van der Waals surface area contributed by atoms with Crippen molar-refractivity contribution in [1.82, 2.24) is 9.97 Å². The molecule has 0 amide bonds. The van der Waals surface area contributed by atoms with Crippen LogP contribution in [0.3, 0.4) is 0 Å². The molecule has 2 rings (SSSR count). The fourth-order valence-electron chi connectivity index (χ4n) is 2.00. The van der Waals surface area contributed by atoms with Crippen LogP contribution in [0, 0.1) is 0 Å². The van der Waals surface area contributed by atoms with Gasteiger partial charge in [-0.3, -0.25) is 9.78 Å². The molecule has 1 fully saturated rings. The quantitative estimate of drug-likeness (QED) is 0.768. The second kappa shape index (κ2) is 5.12. The average molecular weight is 222 g/mol. The van der Waals surface area contributed by atoms with Gasteiger partial charge in [-0.25, -0.2) is 4.98 Å². The summed E-state index contributed by atoms with van der Waals surface area (Å²) in [4.78, 5) is 20.8. The Balaban J connectivity index is 2.19. The molecule has 1 aromatic heterocycles. The Morgan fingerprint density at radius 3 is 2.56 bits per heavy atom. The number of anilines is 1. The van der Waals surface area contributed by atoms with Gasteiger partial charge in [0.25, 0.3) is 5.56 Å². The van der Waals surface area contributed by atoms with Crippen molar-refractivity contribution in [1.29, 1.82) is 0 Å². The third-order valence-corrected chi connectivity index (χ3v) is 2.99. The van der Waals surface area contributed by atoms with Crippen molar-refractivity contribution in [3.05, 3.63) is 22.1 Å². The smallest absolute Gasteiger partial charge is 0.256 e. The number of hydrogen-bond donors (Lipinski definition) is 2. The summed E-state index contributed by atoms with van der Waals surface area (Å²) in [5.74, 6) is 0.684. The van der Waals surface area contributed by atoms with E-state index in [1.165, 1.54) is 25.7 Å². The monoisotopic (exact) mass is 222 g/mol. The lowest BCUT2D eigenvalue weighted by Gasteiger charge is -2.20. The number of aromatic amines is 1. The molecule has 5 nitrogen and oxygen atoms in total. The number of H-pyrrole nitrogens is 1. The Morgan fingerprint density at radius 1 is 1.31 bits per heavy atom. The molecule has 5 heteroatoms. The SMILES string of the molecule is NCc1cnc(N2CCCCCC2)[nH]c1=O. The zero-order valence-corrected chi connectivity index (χ0v) is 9.41. The van der Waals surface area contributed by atoms with Gasteiger partial charge in [-0.1, -0.05) is 12.8 Å². The molecule has 88 valence electrons. The standard InChI is InChI=1S/C11H18N4O/c12-7-9-8-13-11(14-10(9)16)15-5-3-1-2-4-6-15/h8H,1-7,12H2,(H,13,14,16). The molecule has 3 N–H and O–H groups in total. The zero-order valence-electron chi connectivity index (χ0n) is 9.41. The highest BCUT2D eigenvalue weighted by atomic mass is 16.1. The third kappa shape index (κ3) is 2.41. The summed E-state index contributed by atoms with van der Waals surface area (Å²) in [6, 6.07) is 0. The van der Waals surface area contributed by atoms with Gasteiger partial charge in [0.2, 0.25) is 5.95 Å². The molecule has 16 heavy (non-hydrogen) atoms. The van der Waals surface area contributed by atoms with Crippen molar-refractivity contribution in [2.24, 2.45) is 5.73 Å². The van der Waals surface area contributed by atoms with Crippen molar-refractivity contribution in [2.45, 2.75) is 32.2 Å². The zero-order chi connectivity index (χ0) is 11.4. The van der Waals surface area contributed by atoms with Crippen LogP contribution in [0.5, 0.6) is 0 Å². The molecule has 0 aliphatic carbocycles. The number of nitrogens with two attached hydrogens (primary N) is 1. The normalized spacial score (nSPS) is 17.2. The van der Waals surface area contributed by atoms with Crippen LogP contribution in [0.15, 0.2) is 11.0 Å². The van der Waals surface area contributed by atoms with E-state index in [0.29, 0.717) is 11.5 Å². The van der Waals surface area contributed by atoms with E-state index in [2.05, 4.69) is 14.9 Å². The first kappa shape index (κ1) is 11.1. The Hall–Kier alpha value is -1.36.